The van der Waals surface area contributed by atoms with Crippen molar-refractivity contribution in [2.45, 2.75) is 63.3 Å². The van der Waals surface area contributed by atoms with Gasteiger partial charge in [-0.2, -0.15) is 0 Å². The van der Waals surface area contributed by atoms with Crippen LogP contribution in [0.1, 0.15) is 73.5 Å². The number of hydrogen-bond donors (Lipinski definition) is 3. The number of nitrogens with zero attached hydrogens (tertiary/aromatic N) is 1. The van der Waals surface area contributed by atoms with Gasteiger partial charge in [-0.25, -0.2) is 0 Å². The first-order valence-electron chi connectivity index (χ1n) is 8.36. The molecule has 7 nitrogen and oxygen atoms in total. The third kappa shape index (κ3) is 6.02. The van der Waals surface area contributed by atoms with Crippen molar-refractivity contribution in [1.29, 1.82) is 0 Å². The van der Waals surface area contributed by atoms with E-state index in [2.05, 4.69) is 10.5 Å². The number of aromatic nitrogens is 1. The summed E-state index contributed by atoms with van der Waals surface area (Å²) in [5, 5.41) is 6.53. The van der Waals surface area contributed by atoms with Crippen molar-refractivity contribution >= 4 is 11.8 Å². The Kier molecular flexibility index (Phi) is 6.58. The van der Waals surface area contributed by atoms with E-state index in [-0.39, 0.29) is 11.6 Å². The molecule has 0 aromatic carbocycles. The van der Waals surface area contributed by atoms with Crippen LogP contribution in [0.4, 0.5) is 0 Å². The van der Waals surface area contributed by atoms with Gasteiger partial charge in [0, 0.05) is 31.0 Å². The van der Waals surface area contributed by atoms with Gasteiger partial charge in [0.05, 0.1) is 0 Å². The summed E-state index contributed by atoms with van der Waals surface area (Å²) in [7, 11) is 0. The predicted octanol–water partition coefficient (Wildman–Crippen LogP) is 1.43. The lowest BCUT2D eigenvalue weighted by Crippen LogP contribution is -2.36. The Morgan fingerprint density at radius 1 is 1.22 bits per heavy atom. The summed E-state index contributed by atoms with van der Waals surface area (Å²) in [6.07, 6.45) is 8.87. The quantitative estimate of drug-likeness (QED) is 0.756. The number of carbonyl (C=O) groups is 2. The Morgan fingerprint density at radius 2 is 1.91 bits per heavy atom. The maximum absolute atomic E-state index is 11.1. The molecule has 0 atom stereocenters. The minimum atomic E-state index is -0.527. The van der Waals surface area contributed by atoms with Crippen LogP contribution in [0.3, 0.4) is 0 Å². The van der Waals surface area contributed by atoms with E-state index >= 15 is 0 Å². The molecular formula is C16H26N4O3. The van der Waals surface area contributed by atoms with Gasteiger partial charge in [-0.3, -0.25) is 9.59 Å². The first-order valence-corrected chi connectivity index (χ1v) is 8.36. The molecular weight excluding hydrogens is 296 g/mol. The molecule has 2 fully saturated rings. The van der Waals surface area contributed by atoms with Crippen LogP contribution in [0.25, 0.3) is 0 Å². The lowest BCUT2D eigenvalue weighted by atomic mass is 9.95. The molecule has 2 aliphatic rings. The van der Waals surface area contributed by atoms with Gasteiger partial charge in [0.1, 0.15) is 5.76 Å². The number of carbonyl (C=O) groups excluding carboxylic acids is 2. The smallest absolute Gasteiger partial charge is 0.270 e. The Labute approximate surface area is 136 Å². The maximum atomic E-state index is 11.1. The van der Waals surface area contributed by atoms with E-state index in [1.54, 1.807) is 6.07 Å². The largest absolute Gasteiger partial charge is 0.364 e. The minimum Gasteiger partial charge on any atom is -0.364 e. The molecule has 2 aliphatic carbocycles. The van der Waals surface area contributed by atoms with Crippen molar-refractivity contribution in [2.75, 3.05) is 6.54 Å². The van der Waals surface area contributed by atoms with Gasteiger partial charge in [-0.1, -0.05) is 24.4 Å². The summed E-state index contributed by atoms with van der Waals surface area (Å²) in [5.41, 5.74) is 10.5. The molecule has 0 unspecified atom stereocenters. The second-order valence-corrected chi connectivity index (χ2v) is 6.19. The second-order valence-electron chi connectivity index (χ2n) is 6.19. The average Bonchev–Trinajstić information content (AvgIpc) is 3.26. The molecule has 7 heteroatoms. The number of rotatable bonds is 5. The van der Waals surface area contributed by atoms with Crippen molar-refractivity contribution < 1.29 is 14.1 Å². The number of hydrogen-bond acceptors (Lipinski definition) is 5. The second kappa shape index (κ2) is 8.67. The SMILES string of the molecule is NC(=O)c1cc(C2CC2)on1.NCCC(=O)NC1CCCCC1. The average molecular weight is 322 g/mol. The molecule has 23 heavy (non-hydrogen) atoms. The topological polar surface area (TPSA) is 124 Å². The van der Waals surface area contributed by atoms with E-state index in [0.717, 1.165) is 31.4 Å². The Bertz CT molecular complexity index is 519. The Balaban J connectivity index is 0.000000167. The molecule has 0 spiro atoms. The van der Waals surface area contributed by atoms with E-state index in [1.807, 2.05) is 0 Å². The molecule has 5 N–H and O–H groups in total. The highest BCUT2D eigenvalue weighted by molar-refractivity contribution is 5.90. The third-order valence-corrected chi connectivity index (χ3v) is 4.10. The number of amides is 2. The van der Waals surface area contributed by atoms with Crippen LogP contribution in [0.15, 0.2) is 10.6 Å². The highest BCUT2D eigenvalue weighted by Gasteiger charge is 2.28. The zero-order chi connectivity index (χ0) is 16.7. The fraction of sp³-hybridized carbons (Fsp3) is 0.688. The molecule has 1 aromatic heterocycles. The lowest BCUT2D eigenvalue weighted by molar-refractivity contribution is -0.121. The van der Waals surface area contributed by atoms with Crippen molar-refractivity contribution in [3.8, 4) is 0 Å². The number of primary amides is 1. The number of nitrogens with one attached hydrogen (secondary N) is 1. The highest BCUT2D eigenvalue weighted by Crippen LogP contribution is 2.40. The molecule has 0 radical (unpaired) electrons. The van der Waals surface area contributed by atoms with Crippen molar-refractivity contribution in [1.82, 2.24) is 10.5 Å². The molecule has 0 saturated heterocycles. The van der Waals surface area contributed by atoms with Gasteiger partial charge in [0.15, 0.2) is 5.69 Å². The van der Waals surface area contributed by atoms with E-state index in [4.69, 9.17) is 16.0 Å². The monoisotopic (exact) mass is 322 g/mol. The summed E-state index contributed by atoms with van der Waals surface area (Å²) in [5.74, 6) is 0.861. The van der Waals surface area contributed by atoms with E-state index in [1.165, 1.54) is 19.3 Å². The van der Waals surface area contributed by atoms with Crippen molar-refractivity contribution in [2.24, 2.45) is 11.5 Å². The Morgan fingerprint density at radius 3 is 2.43 bits per heavy atom. The van der Waals surface area contributed by atoms with Crippen LogP contribution in [-0.4, -0.2) is 29.6 Å². The molecule has 1 aromatic rings. The summed E-state index contributed by atoms with van der Waals surface area (Å²) < 4.78 is 4.90. The first kappa shape index (κ1) is 17.5. The zero-order valence-corrected chi connectivity index (χ0v) is 13.4. The van der Waals surface area contributed by atoms with Gasteiger partial charge < -0.3 is 21.3 Å². The third-order valence-electron chi connectivity index (χ3n) is 4.10. The van der Waals surface area contributed by atoms with Crippen molar-refractivity contribution in [3.63, 3.8) is 0 Å². The molecule has 3 rings (SSSR count). The van der Waals surface area contributed by atoms with Gasteiger partial charge >= 0.3 is 0 Å². The molecule has 2 saturated carbocycles. The number of nitrogens with two attached hydrogens (primary N) is 2. The standard InChI is InChI=1S/C9H18N2O.C7H8N2O2/c10-7-6-9(12)11-8-4-2-1-3-5-8;8-7(10)5-3-6(11-9-5)4-1-2-4/h8H,1-7,10H2,(H,11,12);3-4H,1-2H2,(H2,8,10). The molecule has 0 aliphatic heterocycles. The maximum Gasteiger partial charge on any atom is 0.270 e. The summed E-state index contributed by atoms with van der Waals surface area (Å²) >= 11 is 0. The van der Waals surface area contributed by atoms with Gasteiger partial charge in [-0.15, -0.1) is 0 Å². The van der Waals surface area contributed by atoms with Crippen LogP contribution in [0.2, 0.25) is 0 Å². The molecule has 2 amide bonds. The van der Waals surface area contributed by atoms with Crippen molar-refractivity contribution in [3.05, 3.63) is 17.5 Å². The van der Waals surface area contributed by atoms with E-state index < -0.39 is 5.91 Å². The summed E-state index contributed by atoms with van der Waals surface area (Å²) in [4.78, 5) is 21.7. The lowest BCUT2D eigenvalue weighted by Gasteiger charge is -2.22. The highest BCUT2D eigenvalue weighted by atomic mass is 16.5. The van der Waals surface area contributed by atoms with Crippen LogP contribution in [0.5, 0.6) is 0 Å². The fourth-order valence-corrected chi connectivity index (χ4v) is 2.64. The fourth-order valence-electron chi connectivity index (χ4n) is 2.64. The van der Waals surface area contributed by atoms with Crippen LogP contribution >= 0.6 is 0 Å². The molecule has 128 valence electrons. The summed E-state index contributed by atoms with van der Waals surface area (Å²) in [6.45, 7) is 0.457. The Hall–Kier alpha value is -1.89. The zero-order valence-electron chi connectivity index (χ0n) is 13.4. The first-order chi connectivity index (χ1) is 11.1. The van der Waals surface area contributed by atoms with Gasteiger partial charge in [-0.05, 0) is 25.7 Å². The summed E-state index contributed by atoms with van der Waals surface area (Å²) in [6, 6.07) is 2.05. The van der Waals surface area contributed by atoms with Crippen LogP contribution < -0.4 is 16.8 Å². The van der Waals surface area contributed by atoms with Gasteiger partial charge in [0.25, 0.3) is 5.91 Å². The van der Waals surface area contributed by atoms with E-state index in [9.17, 15) is 9.59 Å². The molecule has 1 heterocycles. The predicted molar refractivity (Wildman–Crippen MR) is 85.7 cm³/mol. The van der Waals surface area contributed by atoms with Crippen LogP contribution in [-0.2, 0) is 4.79 Å². The minimum absolute atomic E-state index is 0.115. The van der Waals surface area contributed by atoms with Crippen LogP contribution in [0, 0.1) is 0 Å². The normalized spacial score (nSPS) is 18.0. The molecule has 0 bridgehead atoms. The van der Waals surface area contributed by atoms with E-state index in [0.29, 0.717) is 24.9 Å². The van der Waals surface area contributed by atoms with Gasteiger partial charge in [0.2, 0.25) is 5.91 Å².